The Hall–Kier alpha value is -0.0800. The van der Waals surface area contributed by atoms with Crippen LogP contribution in [0.1, 0.15) is 58.3 Å². The van der Waals surface area contributed by atoms with Gasteiger partial charge in [0, 0.05) is 24.2 Å². The smallest absolute Gasteiger partial charge is 0.0334 e. The van der Waals surface area contributed by atoms with E-state index in [9.17, 15) is 0 Å². The molecule has 1 N–H and O–H groups in total. The number of piperazine rings is 1. The molecule has 2 saturated carbocycles. The summed E-state index contributed by atoms with van der Waals surface area (Å²) in [6.45, 7) is 6.20. The van der Waals surface area contributed by atoms with Crippen molar-refractivity contribution in [2.24, 2.45) is 0 Å². The van der Waals surface area contributed by atoms with Gasteiger partial charge in [0.25, 0.3) is 0 Å². The molecule has 0 aromatic carbocycles. The Morgan fingerprint density at radius 2 is 1.62 bits per heavy atom. The average Bonchev–Trinajstić information content (AvgIpc) is 2.93. The molecule has 3 aliphatic rings. The lowest BCUT2D eigenvalue weighted by atomic mass is 9.84. The molecule has 2 spiro atoms. The number of hydrogen-bond donors (Lipinski definition) is 1. The maximum absolute atomic E-state index is 3.95. The molecule has 0 radical (unpaired) electrons. The van der Waals surface area contributed by atoms with Gasteiger partial charge in [-0.15, -0.1) is 0 Å². The summed E-state index contributed by atoms with van der Waals surface area (Å²) in [7, 11) is 0. The van der Waals surface area contributed by atoms with E-state index in [1.807, 2.05) is 0 Å². The molecule has 16 heavy (non-hydrogen) atoms. The zero-order valence-corrected chi connectivity index (χ0v) is 10.7. The largest absolute Gasteiger partial charge is 0.308 e. The summed E-state index contributed by atoms with van der Waals surface area (Å²) in [5.41, 5.74) is 1.05. The molecule has 3 rings (SSSR count). The van der Waals surface area contributed by atoms with E-state index in [2.05, 4.69) is 17.1 Å². The molecule has 0 bridgehead atoms. The summed E-state index contributed by atoms with van der Waals surface area (Å²) >= 11 is 0. The molecule has 0 atom stereocenters. The van der Waals surface area contributed by atoms with Crippen molar-refractivity contribution >= 4 is 0 Å². The van der Waals surface area contributed by atoms with Gasteiger partial charge in [-0.05, 0) is 32.2 Å². The van der Waals surface area contributed by atoms with Crippen molar-refractivity contribution in [2.45, 2.75) is 69.4 Å². The first-order valence-corrected chi connectivity index (χ1v) is 7.29. The van der Waals surface area contributed by atoms with E-state index in [1.165, 1.54) is 71.0 Å². The molecule has 0 unspecified atom stereocenters. The fraction of sp³-hybridized carbons (Fsp3) is 1.00. The number of nitrogens with one attached hydrogen (secondary N) is 1. The van der Waals surface area contributed by atoms with Crippen LogP contribution in [0.5, 0.6) is 0 Å². The van der Waals surface area contributed by atoms with E-state index in [0.717, 1.165) is 0 Å². The summed E-state index contributed by atoms with van der Waals surface area (Å²) in [5, 5.41) is 3.95. The molecule has 0 aromatic rings. The van der Waals surface area contributed by atoms with E-state index >= 15 is 0 Å². The van der Waals surface area contributed by atoms with Gasteiger partial charge in [-0.1, -0.05) is 32.6 Å². The van der Waals surface area contributed by atoms with Crippen molar-refractivity contribution in [1.82, 2.24) is 10.2 Å². The second-order valence-corrected chi connectivity index (χ2v) is 6.29. The monoisotopic (exact) mass is 222 g/mol. The molecule has 0 aromatic heterocycles. The zero-order valence-electron chi connectivity index (χ0n) is 10.7. The molecular weight excluding hydrogens is 196 g/mol. The molecular formula is C14H26N2. The van der Waals surface area contributed by atoms with Crippen LogP contribution in [0, 0.1) is 0 Å². The first-order chi connectivity index (χ1) is 7.79. The zero-order chi connectivity index (χ0) is 11.1. The van der Waals surface area contributed by atoms with Gasteiger partial charge >= 0.3 is 0 Å². The summed E-state index contributed by atoms with van der Waals surface area (Å²) < 4.78 is 0. The Bertz CT molecular complexity index is 249. The van der Waals surface area contributed by atoms with Gasteiger partial charge in [0.15, 0.2) is 0 Å². The van der Waals surface area contributed by atoms with Gasteiger partial charge in [0.05, 0.1) is 0 Å². The second kappa shape index (κ2) is 3.99. The topological polar surface area (TPSA) is 15.3 Å². The van der Waals surface area contributed by atoms with Crippen molar-refractivity contribution in [3.63, 3.8) is 0 Å². The quantitative estimate of drug-likeness (QED) is 0.733. The van der Waals surface area contributed by atoms with E-state index < -0.39 is 0 Å². The molecule has 2 aliphatic carbocycles. The number of hydrogen-bond acceptors (Lipinski definition) is 2. The molecule has 1 saturated heterocycles. The number of likely N-dealkylation sites (N-methyl/N-ethyl adjacent to an activating group) is 1. The lowest BCUT2D eigenvalue weighted by molar-refractivity contribution is 0.0136. The van der Waals surface area contributed by atoms with Crippen molar-refractivity contribution in [3.05, 3.63) is 0 Å². The van der Waals surface area contributed by atoms with Crippen LogP contribution in [-0.2, 0) is 0 Å². The van der Waals surface area contributed by atoms with E-state index in [-0.39, 0.29) is 0 Å². The van der Waals surface area contributed by atoms with Crippen molar-refractivity contribution < 1.29 is 0 Å². The Labute approximate surface area is 99.8 Å². The lowest BCUT2D eigenvalue weighted by Crippen LogP contribution is -2.68. The first kappa shape index (κ1) is 11.0. The van der Waals surface area contributed by atoms with Crippen LogP contribution in [0.15, 0.2) is 0 Å². The van der Waals surface area contributed by atoms with E-state index in [1.54, 1.807) is 0 Å². The van der Waals surface area contributed by atoms with Crippen LogP contribution in [0.3, 0.4) is 0 Å². The summed E-state index contributed by atoms with van der Waals surface area (Å²) in [4.78, 5) is 2.82. The van der Waals surface area contributed by atoms with Crippen LogP contribution in [-0.4, -0.2) is 35.6 Å². The van der Waals surface area contributed by atoms with Gasteiger partial charge in [0.1, 0.15) is 0 Å². The normalized spacial score (nSPS) is 32.8. The highest BCUT2D eigenvalue weighted by Crippen LogP contribution is 2.42. The Kier molecular flexibility index (Phi) is 2.75. The van der Waals surface area contributed by atoms with E-state index in [4.69, 9.17) is 0 Å². The van der Waals surface area contributed by atoms with Crippen LogP contribution in [0.4, 0.5) is 0 Å². The minimum atomic E-state index is 0.504. The van der Waals surface area contributed by atoms with Crippen molar-refractivity contribution in [2.75, 3.05) is 19.6 Å². The first-order valence-electron chi connectivity index (χ1n) is 7.29. The van der Waals surface area contributed by atoms with Crippen LogP contribution in [0.25, 0.3) is 0 Å². The number of nitrogens with zero attached hydrogens (tertiary/aromatic N) is 1. The molecule has 2 heteroatoms. The van der Waals surface area contributed by atoms with Gasteiger partial charge < -0.3 is 5.32 Å². The maximum atomic E-state index is 3.95. The van der Waals surface area contributed by atoms with Crippen LogP contribution < -0.4 is 5.32 Å². The van der Waals surface area contributed by atoms with Crippen LogP contribution in [0.2, 0.25) is 0 Å². The van der Waals surface area contributed by atoms with Gasteiger partial charge in [-0.3, -0.25) is 4.90 Å². The standard InChI is InChI=1S/C14H26N2/c1-2-16-12-13(7-3-4-8-13)15-11-14(16)9-5-6-10-14/h15H,2-12H2,1H3. The highest BCUT2D eigenvalue weighted by atomic mass is 15.3. The summed E-state index contributed by atoms with van der Waals surface area (Å²) in [5.74, 6) is 0. The molecule has 3 fully saturated rings. The molecule has 1 aliphatic heterocycles. The fourth-order valence-electron chi connectivity index (χ4n) is 4.41. The van der Waals surface area contributed by atoms with Crippen LogP contribution >= 0.6 is 0 Å². The Morgan fingerprint density at radius 3 is 2.25 bits per heavy atom. The van der Waals surface area contributed by atoms with E-state index in [0.29, 0.717) is 11.1 Å². The third-order valence-electron chi connectivity index (χ3n) is 5.43. The van der Waals surface area contributed by atoms with Gasteiger partial charge in [-0.2, -0.15) is 0 Å². The Balaban J connectivity index is 1.77. The second-order valence-electron chi connectivity index (χ2n) is 6.29. The molecule has 0 amide bonds. The third-order valence-corrected chi connectivity index (χ3v) is 5.43. The Morgan fingerprint density at radius 1 is 1.00 bits per heavy atom. The SMILES string of the molecule is CCN1CC2(CCCC2)NCC12CCCC2. The fourth-order valence-corrected chi connectivity index (χ4v) is 4.41. The average molecular weight is 222 g/mol. The predicted molar refractivity (Wildman–Crippen MR) is 67.6 cm³/mol. The molecule has 1 heterocycles. The van der Waals surface area contributed by atoms with Crippen molar-refractivity contribution in [1.29, 1.82) is 0 Å². The van der Waals surface area contributed by atoms with Crippen molar-refractivity contribution in [3.8, 4) is 0 Å². The van der Waals surface area contributed by atoms with Gasteiger partial charge in [0.2, 0.25) is 0 Å². The minimum absolute atomic E-state index is 0.504. The highest BCUT2D eigenvalue weighted by molar-refractivity contribution is 5.08. The predicted octanol–water partition coefficient (Wildman–Crippen LogP) is 2.54. The van der Waals surface area contributed by atoms with Gasteiger partial charge in [-0.25, -0.2) is 0 Å². The maximum Gasteiger partial charge on any atom is 0.0334 e. The number of rotatable bonds is 1. The highest BCUT2D eigenvalue weighted by Gasteiger charge is 2.48. The summed E-state index contributed by atoms with van der Waals surface area (Å²) in [6, 6.07) is 0. The molecule has 92 valence electrons. The minimum Gasteiger partial charge on any atom is -0.308 e. The lowest BCUT2D eigenvalue weighted by Gasteiger charge is -2.52. The third kappa shape index (κ3) is 1.62. The molecule has 2 nitrogen and oxygen atoms in total. The summed E-state index contributed by atoms with van der Waals surface area (Å²) in [6.07, 6.45) is 11.5.